The van der Waals surface area contributed by atoms with Crippen LogP contribution in [0.25, 0.3) is 6.08 Å². The average molecular weight is 350 g/mol. The van der Waals surface area contributed by atoms with Crippen molar-refractivity contribution in [3.8, 4) is 0 Å². The molecule has 0 aliphatic carbocycles. The van der Waals surface area contributed by atoms with Crippen molar-refractivity contribution in [3.05, 3.63) is 22.9 Å². The average Bonchev–Trinajstić information content (AvgIpc) is 2.92. The molecule has 3 N–H and O–H groups in total. The lowest BCUT2D eigenvalue weighted by atomic mass is 9.80. The molecule has 0 spiro atoms. The second-order valence-electron chi connectivity index (χ2n) is 5.94. The van der Waals surface area contributed by atoms with Gasteiger partial charge in [0.05, 0.1) is 23.8 Å². The van der Waals surface area contributed by atoms with E-state index in [0.717, 1.165) is 11.8 Å². The molecule has 1 aromatic rings. The van der Waals surface area contributed by atoms with Crippen LogP contribution in [0.3, 0.4) is 0 Å². The Morgan fingerprint density at radius 3 is 2.58 bits per heavy atom. The van der Waals surface area contributed by atoms with E-state index in [1.807, 2.05) is 4.90 Å². The lowest BCUT2D eigenvalue weighted by Gasteiger charge is -2.39. The molecule has 24 heavy (non-hydrogen) atoms. The van der Waals surface area contributed by atoms with Gasteiger partial charge in [-0.15, -0.1) is 0 Å². The maximum absolute atomic E-state index is 11.6. The normalized spacial score (nSPS) is 22.1. The fourth-order valence-electron chi connectivity index (χ4n) is 2.70. The zero-order chi connectivity index (χ0) is 17.2. The van der Waals surface area contributed by atoms with Gasteiger partial charge >= 0.3 is 0 Å². The molecule has 3 heterocycles. The molecule has 0 unspecified atom stereocenters. The number of thioether (sulfide) groups is 1. The Hall–Kier alpha value is -1.97. The van der Waals surface area contributed by atoms with E-state index in [0.29, 0.717) is 42.5 Å². The van der Waals surface area contributed by atoms with E-state index in [2.05, 4.69) is 15.3 Å². The van der Waals surface area contributed by atoms with Crippen LogP contribution in [-0.2, 0) is 4.79 Å². The Balaban J connectivity index is 1.74. The zero-order valence-corrected chi connectivity index (χ0v) is 13.8. The first kappa shape index (κ1) is 16.9. The van der Waals surface area contributed by atoms with E-state index in [1.165, 1.54) is 0 Å². The molecule has 9 heteroatoms. The third-order valence-corrected chi connectivity index (χ3v) is 5.17. The quantitative estimate of drug-likeness (QED) is 0.667. The standard InChI is InChI=1S/C15H18N4O4S/c20-8-15(9-21)2-5-19(6-3-15)13-16-4-1-10(17-13)7-11-12(22)18-14(23)24-11/h1,4,7,20-21H,2-3,5-6,8-9H2,(H,18,22,23)/b11-7+. The van der Waals surface area contributed by atoms with Crippen molar-refractivity contribution in [2.45, 2.75) is 12.8 Å². The smallest absolute Gasteiger partial charge is 0.290 e. The molecule has 1 aromatic heterocycles. The molecule has 2 saturated heterocycles. The summed E-state index contributed by atoms with van der Waals surface area (Å²) < 4.78 is 0. The topological polar surface area (TPSA) is 116 Å². The Labute approximate surface area is 143 Å². The summed E-state index contributed by atoms with van der Waals surface area (Å²) in [5, 5.41) is 20.7. The summed E-state index contributed by atoms with van der Waals surface area (Å²) in [7, 11) is 0. The summed E-state index contributed by atoms with van der Waals surface area (Å²) in [5.41, 5.74) is 0.114. The molecule has 128 valence electrons. The van der Waals surface area contributed by atoms with Crippen LogP contribution in [0.2, 0.25) is 0 Å². The number of aliphatic hydroxyl groups excluding tert-OH is 2. The number of amides is 2. The van der Waals surface area contributed by atoms with Gasteiger partial charge in [0.15, 0.2) is 0 Å². The number of aliphatic hydroxyl groups is 2. The Bertz CT molecular complexity index is 680. The van der Waals surface area contributed by atoms with Crippen molar-refractivity contribution in [1.82, 2.24) is 15.3 Å². The second-order valence-corrected chi connectivity index (χ2v) is 6.95. The van der Waals surface area contributed by atoms with Gasteiger partial charge in [0.25, 0.3) is 11.1 Å². The number of imide groups is 1. The zero-order valence-electron chi connectivity index (χ0n) is 12.9. The number of rotatable bonds is 4. The van der Waals surface area contributed by atoms with Crippen molar-refractivity contribution in [2.75, 3.05) is 31.2 Å². The molecule has 0 atom stereocenters. The molecule has 3 rings (SSSR count). The van der Waals surface area contributed by atoms with Gasteiger partial charge in [-0.2, -0.15) is 0 Å². The highest BCUT2D eigenvalue weighted by atomic mass is 32.2. The fraction of sp³-hybridized carbons (Fsp3) is 0.467. The number of anilines is 1. The number of nitrogens with zero attached hydrogens (tertiary/aromatic N) is 3. The van der Waals surface area contributed by atoms with Crippen molar-refractivity contribution in [2.24, 2.45) is 5.41 Å². The van der Waals surface area contributed by atoms with Crippen molar-refractivity contribution >= 4 is 34.9 Å². The van der Waals surface area contributed by atoms with Crippen molar-refractivity contribution in [3.63, 3.8) is 0 Å². The maximum atomic E-state index is 11.6. The largest absolute Gasteiger partial charge is 0.396 e. The molecular formula is C15H18N4O4S. The molecule has 2 aliphatic heterocycles. The van der Waals surface area contributed by atoms with Gasteiger partial charge < -0.3 is 15.1 Å². The molecule has 0 bridgehead atoms. The van der Waals surface area contributed by atoms with E-state index in [9.17, 15) is 19.8 Å². The lowest BCUT2D eigenvalue weighted by Crippen LogP contribution is -2.44. The van der Waals surface area contributed by atoms with E-state index in [4.69, 9.17) is 0 Å². The van der Waals surface area contributed by atoms with Gasteiger partial charge in [0.1, 0.15) is 0 Å². The summed E-state index contributed by atoms with van der Waals surface area (Å²) in [5.74, 6) is 0.113. The lowest BCUT2D eigenvalue weighted by molar-refractivity contribution is -0.115. The van der Waals surface area contributed by atoms with E-state index in [1.54, 1.807) is 18.3 Å². The van der Waals surface area contributed by atoms with E-state index >= 15 is 0 Å². The summed E-state index contributed by atoms with van der Waals surface area (Å²) >= 11 is 0.848. The second kappa shape index (κ2) is 6.88. The summed E-state index contributed by atoms with van der Waals surface area (Å²) in [4.78, 5) is 33.8. The highest BCUT2D eigenvalue weighted by molar-refractivity contribution is 8.18. The number of carbonyl (C=O) groups excluding carboxylic acids is 2. The Morgan fingerprint density at radius 2 is 2.00 bits per heavy atom. The van der Waals surface area contributed by atoms with Crippen LogP contribution in [0.5, 0.6) is 0 Å². The van der Waals surface area contributed by atoms with Crippen LogP contribution in [0, 0.1) is 5.41 Å². The molecular weight excluding hydrogens is 332 g/mol. The minimum atomic E-state index is -0.435. The maximum Gasteiger partial charge on any atom is 0.290 e. The fourth-order valence-corrected chi connectivity index (χ4v) is 3.36. The summed E-state index contributed by atoms with van der Waals surface area (Å²) in [6, 6.07) is 1.67. The van der Waals surface area contributed by atoms with Gasteiger partial charge in [0, 0.05) is 24.7 Å². The number of carbonyl (C=O) groups is 2. The molecule has 0 saturated carbocycles. The molecule has 2 fully saturated rings. The molecule has 2 amide bonds. The van der Waals surface area contributed by atoms with Crippen LogP contribution in [0.4, 0.5) is 10.7 Å². The SMILES string of the molecule is O=C1NC(=O)/C(=C\c2ccnc(N3CCC(CO)(CO)CC3)n2)S1. The molecule has 8 nitrogen and oxygen atoms in total. The van der Waals surface area contributed by atoms with E-state index < -0.39 is 11.3 Å². The first-order valence-corrected chi connectivity index (χ1v) is 8.41. The predicted octanol–water partition coefficient (Wildman–Crippen LogP) is 0.372. The number of aromatic nitrogens is 2. The van der Waals surface area contributed by atoms with Crippen LogP contribution < -0.4 is 10.2 Å². The minimum Gasteiger partial charge on any atom is -0.396 e. The van der Waals surface area contributed by atoms with E-state index in [-0.39, 0.29) is 18.5 Å². The Kier molecular flexibility index (Phi) is 4.83. The first-order chi connectivity index (χ1) is 11.5. The van der Waals surface area contributed by atoms with Gasteiger partial charge in [-0.3, -0.25) is 14.9 Å². The third kappa shape index (κ3) is 3.42. The minimum absolute atomic E-state index is 0.0370. The number of piperidine rings is 1. The van der Waals surface area contributed by atoms with Gasteiger partial charge in [-0.05, 0) is 36.7 Å². The van der Waals surface area contributed by atoms with Crippen LogP contribution >= 0.6 is 11.8 Å². The van der Waals surface area contributed by atoms with Crippen molar-refractivity contribution < 1.29 is 19.8 Å². The first-order valence-electron chi connectivity index (χ1n) is 7.60. The monoisotopic (exact) mass is 350 g/mol. The van der Waals surface area contributed by atoms with Crippen molar-refractivity contribution in [1.29, 1.82) is 0 Å². The number of hydrogen-bond donors (Lipinski definition) is 3. The van der Waals surface area contributed by atoms with Gasteiger partial charge in [-0.25, -0.2) is 9.97 Å². The molecule has 2 aliphatic rings. The highest BCUT2D eigenvalue weighted by Crippen LogP contribution is 2.32. The molecule has 0 radical (unpaired) electrons. The van der Waals surface area contributed by atoms with Gasteiger partial charge in [-0.1, -0.05) is 0 Å². The van der Waals surface area contributed by atoms with Crippen LogP contribution in [0.1, 0.15) is 18.5 Å². The van der Waals surface area contributed by atoms with Gasteiger partial charge in [0.2, 0.25) is 5.95 Å². The number of hydrogen-bond acceptors (Lipinski definition) is 8. The summed E-state index contributed by atoms with van der Waals surface area (Å²) in [6.45, 7) is 1.19. The Morgan fingerprint density at radius 1 is 1.29 bits per heavy atom. The summed E-state index contributed by atoms with van der Waals surface area (Å²) in [6.07, 6.45) is 4.47. The van der Waals surface area contributed by atoms with Crippen LogP contribution in [0.15, 0.2) is 17.2 Å². The third-order valence-electron chi connectivity index (χ3n) is 4.36. The predicted molar refractivity (Wildman–Crippen MR) is 89.2 cm³/mol. The number of nitrogens with one attached hydrogen (secondary N) is 1. The highest BCUT2D eigenvalue weighted by Gasteiger charge is 2.34. The molecule has 0 aromatic carbocycles. The van der Waals surface area contributed by atoms with Crippen LogP contribution in [-0.4, -0.2) is 57.6 Å².